The molecular formula is C26H39NO5. The van der Waals surface area contributed by atoms with Crippen LogP contribution >= 0.6 is 0 Å². The maximum Gasteiger partial charge on any atom is 0.408 e. The number of aliphatic hydroxyl groups excluding tert-OH is 1. The lowest BCUT2D eigenvalue weighted by molar-refractivity contribution is -0.152. The van der Waals surface area contributed by atoms with E-state index in [1.807, 2.05) is 37.3 Å². The Bertz CT molecular complexity index is 718. The zero-order valence-electron chi connectivity index (χ0n) is 19.6. The average molecular weight is 446 g/mol. The van der Waals surface area contributed by atoms with Gasteiger partial charge in [0, 0.05) is 11.6 Å². The molecule has 32 heavy (non-hydrogen) atoms. The molecule has 1 amide bonds. The van der Waals surface area contributed by atoms with Crippen LogP contribution in [0.25, 0.3) is 0 Å². The molecule has 0 radical (unpaired) electrons. The molecule has 6 nitrogen and oxygen atoms in total. The van der Waals surface area contributed by atoms with E-state index in [4.69, 9.17) is 9.47 Å². The Balaban J connectivity index is 1.77. The smallest absolute Gasteiger partial charge is 0.408 e. The normalized spacial score (nSPS) is 17.4. The van der Waals surface area contributed by atoms with Crippen molar-refractivity contribution in [2.75, 3.05) is 0 Å². The van der Waals surface area contributed by atoms with Gasteiger partial charge in [0.15, 0.2) is 0 Å². The van der Waals surface area contributed by atoms with Gasteiger partial charge in [0.1, 0.15) is 6.10 Å². The van der Waals surface area contributed by atoms with Crippen molar-refractivity contribution in [2.24, 2.45) is 0 Å². The Kier molecular flexibility index (Phi) is 11.9. The fraction of sp³-hybridized carbons (Fsp3) is 0.615. The highest BCUT2D eigenvalue weighted by Gasteiger charge is 2.32. The number of cyclic esters (lactones) is 1. The van der Waals surface area contributed by atoms with Crippen LogP contribution in [0.4, 0.5) is 4.79 Å². The molecule has 2 unspecified atom stereocenters. The van der Waals surface area contributed by atoms with Crippen LogP contribution in [-0.2, 0) is 14.3 Å². The molecule has 0 saturated heterocycles. The van der Waals surface area contributed by atoms with E-state index in [0.717, 1.165) is 24.8 Å². The van der Waals surface area contributed by atoms with Crippen molar-refractivity contribution in [3.05, 3.63) is 47.5 Å². The molecule has 0 saturated carbocycles. The molecule has 0 aromatic heterocycles. The highest BCUT2D eigenvalue weighted by molar-refractivity contribution is 5.86. The minimum atomic E-state index is -1.35. The zero-order valence-corrected chi connectivity index (χ0v) is 19.6. The number of amides is 1. The second-order valence-corrected chi connectivity index (χ2v) is 8.57. The molecule has 1 aliphatic rings. The molecule has 6 heteroatoms. The van der Waals surface area contributed by atoms with Crippen LogP contribution in [0.15, 0.2) is 42.0 Å². The summed E-state index contributed by atoms with van der Waals surface area (Å²) in [6, 6.07) is 9.39. The highest BCUT2D eigenvalue weighted by atomic mass is 16.6. The number of hydrogen-bond acceptors (Lipinski definition) is 5. The van der Waals surface area contributed by atoms with Crippen LogP contribution in [0.1, 0.15) is 96.1 Å². The third kappa shape index (κ3) is 9.43. The highest BCUT2D eigenvalue weighted by Crippen LogP contribution is 2.24. The van der Waals surface area contributed by atoms with Crippen molar-refractivity contribution in [1.82, 2.24) is 5.32 Å². The van der Waals surface area contributed by atoms with E-state index in [2.05, 4.69) is 12.2 Å². The van der Waals surface area contributed by atoms with Crippen molar-refractivity contribution >= 4 is 12.1 Å². The van der Waals surface area contributed by atoms with Gasteiger partial charge in [-0.1, -0.05) is 95.0 Å². The van der Waals surface area contributed by atoms with Crippen LogP contribution < -0.4 is 5.32 Å². The predicted octanol–water partition coefficient (Wildman–Crippen LogP) is 5.96. The summed E-state index contributed by atoms with van der Waals surface area (Å²) in [6.45, 7) is 4.11. The first-order valence-electron chi connectivity index (χ1n) is 12.1. The second kappa shape index (κ2) is 14.7. The number of aliphatic hydroxyl groups is 1. The quantitative estimate of drug-likeness (QED) is 0.257. The summed E-state index contributed by atoms with van der Waals surface area (Å²) in [7, 11) is 0. The average Bonchev–Trinajstić information content (AvgIpc) is 3.12. The van der Waals surface area contributed by atoms with E-state index in [-0.39, 0.29) is 6.04 Å². The van der Waals surface area contributed by atoms with Crippen molar-refractivity contribution in [1.29, 1.82) is 0 Å². The molecule has 1 heterocycles. The van der Waals surface area contributed by atoms with Crippen molar-refractivity contribution in [2.45, 2.75) is 103 Å². The summed E-state index contributed by atoms with van der Waals surface area (Å²) in [5.41, 5.74) is 1.28. The molecule has 3 atom stereocenters. The summed E-state index contributed by atoms with van der Waals surface area (Å²) in [5, 5.41) is 12.9. The SMILES string of the molecule is CCCCCCCCCCCCC(OC(=O)N[C@H](C)c1ccccc1)C1=CC(=O)OC1O. The first kappa shape index (κ1) is 25.9. The number of alkyl carbamates (subject to hydrolysis) is 1. The molecule has 1 aromatic rings. The number of carbonyl (C=O) groups is 2. The van der Waals surface area contributed by atoms with Gasteiger partial charge >= 0.3 is 12.1 Å². The van der Waals surface area contributed by atoms with Gasteiger partial charge < -0.3 is 19.9 Å². The van der Waals surface area contributed by atoms with E-state index in [0.29, 0.717) is 12.0 Å². The molecule has 2 N–H and O–H groups in total. The van der Waals surface area contributed by atoms with E-state index in [9.17, 15) is 14.7 Å². The topological polar surface area (TPSA) is 84.9 Å². The second-order valence-electron chi connectivity index (χ2n) is 8.57. The number of ether oxygens (including phenoxy) is 2. The van der Waals surface area contributed by atoms with Gasteiger partial charge in [0.25, 0.3) is 0 Å². The number of rotatable bonds is 15. The van der Waals surface area contributed by atoms with E-state index in [1.54, 1.807) is 0 Å². The van der Waals surface area contributed by atoms with E-state index in [1.165, 1.54) is 51.0 Å². The monoisotopic (exact) mass is 445 g/mol. The fourth-order valence-electron chi connectivity index (χ4n) is 3.95. The van der Waals surface area contributed by atoms with Gasteiger partial charge in [-0.2, -0.15) is 0 Å². The summed E-state index contributed by atoms with van der Waals surface area (Å²) in [6.07, 6.45) is 11.2. The van der Waals surface area contributed by atoms with Gasteiger partial charge in [0.2, 0.25) is 6.29 Å². The van der Waals surface area contributed by atoms with Gasteiger partial charge in [-0.15, -0.1) is 0 Å². The minimum absolute atomic E-state index is 0.220. The number of hydrogen-bond donors (Lipinski definition) is 2. The van der Waals surface area contributed by atoms with E-state index < -0.39 is 24.5 Å². The Morgan fingerprint density at radius 3 is 2.19 bits per heavy atom. The van der Waals surface area contributed by atoms with Gasteiger partial charge in [-0.25, -0.2) is 9.59 Å². The molecule has 2 rings (SSSR count). The number of benzene rings is 1. The Morgan fingerprint density at radius 2 is 1.62 bits per heavy atom. The molecule has 0 fully saturated rings. The van der Waals surface area contributed by atoms with E-state index >= 15 is 0 Å². The minimum Gasteiger partial charge on any atom is -0.441 e. The fourth-order valence-corrected chi connectivity index (χ4v) is 3.95. The molecule has 1 aromatic carbocycles. The Morgan fingerprint density at radius 1 is 1.03 bits per heavy atom. The van der Waals surface area contributed by atoms with Crippen molar-refractivity contribution in [3.8, 4) is 0 Å². The van der Waals surface area contributed by atoms with Crippen molar-refractivity contribution < 1.29 is 24.2 Å². The maximum atomic E-state index is 12.5. The third-order valence-electron chi connectivity index (χ3n) is 5.87. The zero-order chi connectivity index (χ0) is 23.2. The van der Waals surface area contributed by atoms with Crippen LogP contribution in [-0.4, -0.2) is 29.6 Å². The molecular weight excluding hydrogens is 406 g/mol. The summed E-state index contributed by atoms with van der Waals surface area (Å²) >= 11 is 0. The van der Waals surface area contributed by atoms with Crippen LogP contribution in [0.5, 0.6) is 0 Å². The van der Waals surface area contributed by atoms with Crippen LogP contribution in [0, 0.1) is 0 Å². The first-order chi connectivity index (χ1) is 15.5. The predicted molar refractivity (Wildman–Crippen MR) is 125 cm³/mol. The van der Waals surface area contributed by atoms with Crippen molar-refractivity contribution in [3.63, 3.8) is 0 Å². The molecule has 0 aliphatic carbocycles. The summed E-state index contributed by atoms with van der Waals surface area (Å²) < 4.78 is 10.4. The lowest BCUT2D eigenvalue weighted by atomic mass is 10.0. The largest absolute Gasteiger partial charge is 0.441 e. The molecule has 178 valence electrons. The first-order valence-corrected chi connectivity index (χ1v) is 12.1. The number of unbranched alkanes of at least 4 members (excludes halogenated alkanes) is 9. The Labute approximate surface area is 192 Å². The number of esters is 1. The van der Waals surface area contributed by atoms with Crippen LogP contribution in [0.2, 0.25) is 0 Å². The molecule has 0 spiro atoms. The summed E-state index contributed by atoms with van der Waals surface area (Å²) in [4.78, 5) is 24.0. The number of nitrogens with one attached hydrogen (secondary N) is 1. The third-order valence-corrected chi connectivity index (χ3v) is 5.87. The Hall–Kier alpha value is -2.34. The molecule has 1 aliphatic heterocycles. The maximum absolute atomic E-state index is 12.5. The lowest BCUT2D eigenvalue weighted by Gasteiger charge is -2.22. The van der Waals surface area contributed by atoms with Crippen LogP contribution in [0.3, 0.4) is 0 Å². The summed E-state index contributed by atoms with van der Waals surface area (Å²) in [5.74, 6) is -0.609. The van der Waals surface area contributed by atoms with Gasteiger partial charge in [-0.05, 0) is 25.3 Å². The number of carbonyl (C=O) groups excluding carboxylic acids is 2. The van der Waals surface area contributed by atoms with Gasteiger partial charge in [0.05, 0.1) is 6.04 Å². The van der Waals surface area contributed by atoms with Gasteiger partial charge in [-0.3, -0.25) is 0 Å². The standard InChI is InChI=1S/C26H39NO5/c1-3-4-5-6-7-8-9-10-11-15-18-23(22-19-24(28)32-25(22)29)31-26(30)27-20(2)21-16-13-12-14-17-21/h12-14,16-17,19-20,23,25,29H,3-11,15,18H2,1-2H3,(H,27,30)/t20-,23?,25?/m1/s1. The lowest BCUT2D eigenvalue weighted by Crippen LogP contribution is -2.33. The molecule has 0 bridgehead atoms.